The van der Waals surface area contributed by atoms with E-state index in [0.717, 1.165) is 17.4 Å². The maximum Gasteiger partial charge on any atom is 0.0412 e. The van der Waals surface area contributed by atoms with E-state index in [1.807, 2.05) is 12.1 Å². The Kier molecular flexibility index (Phi) is 4.80. The Morgan fingerprint density at radius 3 is 2.68 bits per heavy atom. The molecular formula is C17H18BrN. The molecule has 0 radical (unpaired) electrons. The van der Waals surface area contributed by atoms with Crippen LogP contribution in [0.3, 0.4) is 0 Å². The lowest BCUT2D eigenvalue weighted by Crippen LogP contribution is -2.03. The average Bonchev–Trinajstić information content (AvgIpc) is 2.40. The first-order valence-electron chi connectivity index (χ1n) is 6.38. The van der Waals surface area contributed by atoms with E-state index >= 15 is 0 Å². The second kappa shape index (κ2) is 6.58. The number of benzene rings is 2. The van der Waals surface area contributed by atoms with E-state index in [0.29, 0.717) is 0 Å². The third kappa shape index (κ3) is 3.71. The Balaban J connectivity index is 2.15. The Morgan fingerprint density at radius 1 is 1.16 bits per heavy atom. The van der Waals surface area contributed by atoms with E-state index in [4.69, 9.17) is 0 Å². The Hall–Kier alpha value is -1.54. The van der Waals surface area contributed by atoms with Gasteiger partial charge in [0.1, 0.15) is 0 Å². The fourth-order valence-corrected chi connectivity index (χ4v) is 2.48. The minimum absolute atomic E-state index is 0.814. The van der Waals surface area contributed by atoms with E-state index < -0.39 is 0 Å². The number of nitrogens with one attached hydrogen (secondary N) is 1. The highest BCUT2D eigenvalue weighted by molar-refractivity contribution is 9.10. The molecule has 0 saturated carbocycles. The second-order valence-electron chi connectivity index (χ2n) is 4.60. The molecule has 0 amide bonds. The van der Waals surface area contributed by atoms with Gasteiger partial charge in [-0.1, -0.05) is 57.9 Å². The van der Waals surface area contributed by atoms with Crippen LogP contribution in [0.15, 0.2) is 59.6 Å². The zero-order valence-corrected chi connectivity index (χ0v) is 12.7. The van der Waals surface area contributed by atoms with Gasteiger partial charge in [-0.3, -0.25) is 0 Å². The smallest absolute Gasteiger partial charge is 0.0412 e. The van der Waals surface area contributed by atoms with Crippen LogP contribution in [0.4, 0.5) is 5.69 Å². The summed E-state index contributed by atoms with van der Waals surface area (Å²) in [7, 11) is 0. The molecule has 98 valence electrons. The number of hydrogen-bond acceptors (Lipinski definition) is 1. The van der Waals surface area contributed by atoms with Crippen LogP contribution in [0, 0.1) is 6.92 Å². The van der Waals surface area contributed by atoms with E-state index in [-0.39, 0.29) is 0 Å². The molecule has 2 rings (SSSR count). The van der Waals surface area contributed by atoms with E-state index in [2.05, 4.69) is 71.1 Å². The fourth-order valence-electron chi connectivity index (χ4n) is 2.05. The van der Waals surface area contributed by atoms with Crippen molar-refractivity contribution in [2.75, 3.05) is 5.32 Å². The predicted molar refractivity (Wildman–Crippen MR) is 86.5 cm³/mol. The third-order valence-electron chi connectivity index (χ3n) is 3.05. The van der Waals surface area contributed by atoms with Crippen LogP contribution in [0.25, 0.3) is 0 Å². The zero-order valence-electron chi connectivity index (χ0n) is 11.1. The van der Waals surface area contributed by atoms with Crippen molar-refractivity contribution in [1.29, 1.82) is 0 Å². The van der Waals surface area contributed by atoms with Crippen LogP contribution < -0.4 is 5.32 Å². The highest BCUT2D eigenvalue weighted by Crippen LogP contribution is 2.21. The normalized spacial score (nSPS) is 10.2. The molecule has 19 heavy (non-hydrogen) atoms. The van der Waals surface area contributed by atoms with Gasteiger partial charge in [-0.25, -0.2) is 0 Å². The summed E-state index contributed by atoms with van der Waals surface area (Å²) in [4.78, 5) is 0. The van der Waals surface area contributed by atoms with Gasteiger partial charge in [0.2, 0.25) is 0 Å². The van der Waals surface area contributed by atoms with Gasteiger partial charge < -0.3 is 5.32 Å². The summed E-state index contributed by atoms with van der Waals surface area (Å²) in [5, 5.41) is 3.50. The van der Waals surface area contributed by atoms with Crippen LogP contribution in [0.2, 0.25) is 0 Å². The van der Waals surface area contributed by atoms with Gasteiger partial charge in [-0.05, 0) is 36.6 Å². The van der Waals surface area contributed by atoms with Gasteiger partial charge in [0.25, 0.3) is 0 Å². The van der Waals surface area contributed by atoms with Crippen molar-refractivity contribution in [2.24, 2.45) is 0 Å². The quantitative estimate of drug-likeness (QED) is 0.757. The molecule has 2 aromatic carbocycles. The monoisotopic (exact) mass is 315 g/mol. The fraction of sp³-hybridized carbons (Fsp3) is 0.176. The lowest BCUT2D eigenvalue weighted by molar-refractivity contribution is 1.11. The lowest BCUT2D eigenvalue weighted by Gasteiger charge is -2.13. The first-order chi connectivity index (χ1) is 9.20. The summed E-state index contributed by atoms with van der Waals surface area (Å²) in [5.41, 5.74) is 5.01. The Morgan fingerprint density at radius 2 is 1.95 bits per heavy atom. The van der Waals surface area contributed by atoms with Crippen LogP contribution in [0.1, 0.15) is 16.7 Å². The first-order valence-corrected chi connectivity index (χ1v) is 7.17. The predicted octanol–water partition coefficient (Wildman–Crippen LogP) is 5.10. The Labute approximate surface area is 123 Å². The maximum absolute atomic E-state index is 3.82. The number of aryl methyl sites for hydroxylation is 1. The highest BCUT2D eigenvalue weighted by atomic mass is 79.9. The maximum atomic E-state index is 3.82. The zero-order chi connectivity index (χ0) is 13.7. The number of allylic oxidation sites excluding steroid dienone is 1. The molecule has 0 bridgehead atoms. The van der Waals surface area contributed by atoms with Gasteiger partial charge >= 0.3 is 0 Å². The van der Waals surface area contributed by atoms with Crippen molar-refractivity contribution in [3.05, 3.63) is 76.3 Å². The van der Waals surface area contributed by atoms with Crippen LogP contribution in [-0.2, 0) is 13.0 Å². The largest absolute Gasteiger partial charge is 0.381 e. The van der Waals surface area contributed by atoms with Gasteiger partial charge in [0.05, 0.1) is 0 Å². The molecule has 2 heteroatoms. The molecular weight excluding hydrogens is 298 g/mol. The molecule has 0 saturated heterocycles. The van der Waals surface area contributed by atoms with Crippen molar-refractivity contribution in [3.8, 4) is 0 Å². The first kappa shape index (κ1) is 13.9. The molecule has 0 aliphatic heterocycles. The Bertz CT molecular complexity index is 575. The van der Waals surface area contributed by atoms with Crippen molar-refractivity contribution < 1.29 is 0 Å². The molecule has 0 aliphatic carbocycles. The van der Waals surface area contributed by atoms with E-state index in [9.17, 15) is 0 Å². The molecule has 1 N–H and O–H groups in total. The van der Waals surface area contributed by atoms with Crippen molar-refractivity contribution in [3.63, 3.8) is 0 Å². The number of hydrogen-bond donors (Lipinski definition) is 1. The molecule has 0 fully saturated rings. The number of rotatable bonds is 5. The third-order valence-corrected chi connectivity index (χ3v) is 3.83. The number of halogens is 1. The van der Waals surface area contributed by atoms with Crippen LogP contribution >= 0.6 is 15.9 Å². The molecule has 0 heterocycles. The van der Waals surface area contributed by atoms with Crippen LogP contribution in [-0.4, -0.2) is 0 Å². The van der Waals surface area contributed by atoms with E-state index in [1.165, 1.54) is 22.4 Å². The van der Waals surface area contributed by atoms with Gasteiger partial charge in [-0.15, -0.1) is 6.58 Å². The molecule has 2 aromatic rings. The number of anilines is 1. The summed E-state index contributed by atoms with van der Waals surface area (Å²) in [5.74, 6) is 0. The van der Waals surface area contributed by atoms with Crippen LogP contribution in [0.5, 0.6) is 0 Å². The van der Waals surface area contributed by atoms with Crippen molar-refractivity contribution >= 4 is 21.6 Å². The lowest BCUT2D eigenvalue weighted by atomic mass is 10.1. The summed E-state index contributed by atoms with van der Waals surface area (Å²) < 4.78 is 1.14. The summed E-state index contributed by atoms with van der Waals surface area (Å²) in [6.45, 7) is 6.75. The molecule has 1 nitrogen and oxygen atoms in total. The molecule has 0 aliphatic rings. The van der Waals surface area contributed by atoms with Gasteiger partial charge in [0, 0.05) is 16.7 Å². The van der Waals surface area contributed by atoms with Gasteiger partial charge in [-0.2, -0.15) is 0 Å². The average molecular weight is 316 g/mol. The minimum atomic E-state index is 0.814. The summed E-state index contributed by atoms with van der Waals surface area (Å²) in [6.07, 6.45) is 2.83. The minimum Gasteiger partial charge on any atom is -0.381 e. The second-order valence-corrected chi connectivity index (χ2v) is 5.45. The molecule has 0 unspecified atom stereocenters. The standard InChI is InChI=1S/C17H18BrN/c1-3-6-14-11-13(2)9-10-17(14)19-12-15-7-4-5-8-16(15)18/h3-5,7-11,19H,1,6,12H2,2H3. The van der Waals surface area contributed by atoms with Crippen molar-refractivity contribution in [2.45, 2.75) is 19.9 Å². The summed E-state index contributed by atoms with van der Waals surface area (Å²) >= 11 is 3.57. The molecule has 0 aromatic heterocycles. The summed E-state index contributed by atoms with van der Waals surface area (Å²) in [6, 6.07) is 14.8. The SMILES string of the molecule is C=CCc1cc(C)ccc1NCc1ccccc1Br. The van der Waals surface area contributed by atoms with E-state index in [1.54, 1.807) is 0 Å². The molecule has 0 atom stereocenters. The highest BCUT2D eigenvalue weighted by Gasteiger charge is 2.03. The topological polar surface area (TPSA) is 12.0 Å². The molecule has 0 spiro atoms. The van der Waals surface area contributed by atoms with Gasteiger partial charge in [0.15, 0.2) is 0 Å². The van der Waals surface area contributed by atoms with Crippen molar-refractivity contribution in [1.82, 2.24) is 0 Å².